The summed E-state index contributed by atoms with van der Waals surface area (Å²) < 4.78 is 21.3. The second kappa shape index (κ2) is 7.34. The summed E-state index contributed by atoms with van der Waals surface area (Å²) in [5.41, 5.74) is 5.66. The maximum Gasteiger partial charge on any atom is 0.123 e. The highest BCUT2D eigenvalue weighted by Crippen LogP contribution is 2.77. The Morgan fingerprint density at radius 1 is 0.846 bits per heavy atom. The van der Waals surface area contributed by atoms with E-state index in [0.717, 1.165) is 35.8 Å². The Balaban J connectivity index is 1.23. The number of halogens is 1. The van der Waals surface area contributed by atoms with Gasteiger partial charge in [0.25, 0.3) is 0 Å². The summed E-state index contributed by atoms with van der Waals surface area (Å²) in [5, 5.41) is 1.13. The largest absolute Gasteiger partial charge is 0.377 e. The first-order valence-corrected chi connectivity index (χ1v) is 16.2. The van der Waals surface area contributed by atoms with Crippen molar-refractivity contribution in [3.8, 4) is 0 Å². The van der Waals surface area contributed by atoms with Crippen molar-refractivity contribution in [2.45, 2.75) is 118 Å². The van der Waals surface area contributed by atoms with Crippen molar-refractivity contribution in [1.82, 2.24) is 4.98 Å². The third kappa shape index (κ3) is 2.83. The van der Waals surface area contributed by atoms with Crippen molar-refractivity contribution in [1.29, 1.82) is 0 Å². The molecule has 2 bridgehead atoms. The van der Waals surface area contributed by atoms with E-state index in [1.54, 1.807) is 12.1 Å². The molecule has 0 spiro atoms. The van der Waals surface area contributed by atoms with Crippen molar-refractivity contribution in [2.24, 2.45) is 50.7 Å². The first kappa shape index (κ1) is 25.4. The van der Waals surface area contributed by atoms with Crippen molar-refractivity contribution in [3.05, 3.63) is 35.3 Å². The summed E-state index contributed by atoms with van der Waals surface area (Å²) in [4.78, 5) is 3.79. The molecular weight excluding hydrogens is 481 g/mol. The van der Waals surface area contributed by atoms with E-state index in [-0.39, 0.29) is 16.6 Å². The van der Waals surface area contributed by atoms with Gasteiger partial charge < -0.3 is 9.72 Å². The van der Waals surface area contributed by atoms with Crippen molar-refractivity contribution in [2.75, 3.05) is 6.61 Å². The third-order valence-electron chi connectivity index (χ3n) is 15.3. The van der Waals surface area contributed by atoms with E-state index in [1.165, 1.54) is 62.6 Å². The SMILES string of the molecule is CC1(C)CC[C@]23CC[C@]4(C)[C@H](CC[C@@H]5[C@@]6(C)Cc7c([nH]c8ccc(F)cc78)C(C)(C)[C@@H]6CC[C@]54C)[C@H]2C1OC3. The molecule has 2 nitrogen and oxygen atoms in total. The molecule has 2 aromatic rings. The van der Waals surface area contributed by atoms with Gasteiger partial charge in [0.2, 0.25) is 0 Å². The molecule has 5 aliphatic carbocycles. The lowest BCUT2D eigenvalue weighted by molar-refractivity contribution is -0.232. The van der Waals surface area contributed by atoms with Crippen LogP contribution in [0.15, 0.2) is 18.2 Å². The van der Waals surface area contributed by atoms with Gasteiger partial charge in [-0.15, -0.1) is 0 Å². The second-order valence-corrected chi connectivity index (χ2v) is 17.3. The van der Waals surface area contributed by atoms with E-state index < -0.39 is 0 Å². The van der Waals surface area contributed by atoms with Crippen LogP contribution in [0.4, 0.5) is 4.39 Å². The molecule has 3 heteroatoms. The van der Waals surface area contributed by atoms with Crippen LogP contribution in [0.1, 0.15) is 111 Å². The van der Waals surface area contributed by atoms with Crippen molar-refractivity contribution in [3.63, 3.8) is 0 Å². The normalized spacial score (nSPS) is 49.0. The van der Waals surface area contributed by atoms with E-state index in [9.17, 15) is 4.39 Å². The van der Waals surface area contributed by atoms with Gasteiger partial charge in [0.05, 0.1) is 12.7 Å². The van der Waals surface area contributed by atoms with Gasteiger partial charge in [-0.25, -0.2) is 4.39 Å². The average molecular weight is 532 g/mol. The number of aromatic amines is 1. The van der Waals surface area contributed by atoms with E-state index >= 15 is 0 Å². The van der Waals surface area contributed by atoms with Gasteiger partial charge in [-0.3, -0.25) is 0 Å². The molecule has 8 rings (SSSR count). The Morgan fingerprint density at radius 2 is 1.62 bits per heavy atom. The van der Waals surface area contributed by atoms with E-state index in [2.05, 4.69) is 53.5 Å². The van der Waals surface area contributed by atoms with E-state index in [0.29, 0.717) is 39.6 Å². The highest BCUT2D eigenvalue weighted by Gasteiger charge is 2.72. The van der Waals surface area contributed by atoms with E-state index in [4.69, 9.17) is 4.74 Å². The molecule has 9 atom stereocenters. The van der Waals surface area contributed by atoms with Gasteiger partial charge in [-0.05, 0) is 132 Å². The number of rotatable bonds is 0. The number of hydrogen-bond acceptors (Lipinski definition) is 1. The first-order valence-electron chi connectivity index (χ1n) is 16.2. The maximum atomic E-state index is 14.5. The summed E-state index contributed by atoms with van der Waals surface area (Å²) in [6, 6.07) is 5.37. The van der Waals surface area contributed by atoms with Crippen LogP contribution in [0.5, 0.6) is 0 Å². The molecule has 0 radical (unpaired) electrons. The fraction of sp³-hybridized carbons (Fsp3) is 0.778. The Hall–Kier alpha value is -1.35. The number of aromatic nitrogens is 1. The Morgan fingerprint density at radius 3 is 2.41 bits per heavy atom. The Kier molecular flexibility index (Phi) is 4.78. The summed E-state index contributed by atoms with van der Waals surface area (Å²) in [7, 11) is 0. The molecule has 1 saturated heterocycles. The van der Waals surface area contributed by atoms with Crippen LogP contribution in [0.25, 0.3) is 10.9 Å². The van der Waals surface area contributed by atoms with Crippen LogP contribution < -0.4 is 0 Å². The molecular formula is C36H50FNO. The number of nitrogens with one attached hydrogen (secondary N) is 1. The van der Waals surface area contributed by atoms with Gasteiger partial charge >= 0.3 is 0 Å². The van der Waals surface area contributed by atoms with Gasteiger partial charge in [0.1, 0.15) is 5.82 Å². The number of ether oxygens (including phenoxy) is 1. The standard InChI is InChI=1S/C36H50FNO/c1-31(2)14-16-36-17-15-34(6)24(28(36)30(31)39-20-36)9-11-27-33(5)19-23-22-18-21(37)8-10-25(22)38-29(23)32(3,4)26(33)12-13-35(27,34)7/h8,10,18,24,26-28,30,38H,9,11-17,19-20H2,1-7H3/t24-,26+,27-,28+,30?,33+,34-,35-,36-/m1/s1. The first-order chi connectivity index (χ1) is 18.3. The molecule has 5 fully saturated rings. The van der Waals surface area contributed by atoms with Crippen molar-refractivity contribution < 1.29 is 9.13 Å². The molecule has 1 unspecified atom stereocenters. The number of hydrogen-bond donors (Lipinski definition) is 1. The average Bonchev–Trinajstić information content (AvgIpc) is 3.39. The minimum absolute atomic E-state index is 0.0634. The molecule has 6 aliphatic rings. The lowest BCUT2D eigenvalue weighted by Crippen LogP contribution is -2.67. The molecule has 1 aliphatic heterocycles. The fourth-order valence-electron chi connectivity index (χ4n) is 13.3. The van der Waals surface area contributed by atoms with Crippen LogP contribution in [0, 0.1) is 56.6 Å². The minimum Gasteiger partial charge on any atom is -0.377 e. The summed E-state index contributed by atoms with van der Waals surface area (Å²) >= 11 is 0. The van der Waals surface area contributed by atoms with E-state index in [1.807, 2.05) is 6.07 Å². The molecule has 39 heavy (non-hydrogen) atoms. The van der Waals surface area contributed by atoms with Crippen LogP contribution in [-0.2, 0) is 16.6 Å². The maximum absolute atomic E-state index is 14.5. The molecule has 4 saturated carbocycles. The van der Waals surface area contributed by atoms with Crippen LogP contribution >= 0.6 is 0 Å². The quantitative estimate of drug-likeness (QED) is 0.360. The van der Waals surface area contributed by atoms with Gasteiger partial charge in [0, 0.05) is 22.0 Å². The lowest BCUT2D eigenvalue weighted by Gasteiger charge is -2.73. The number of benzene rings is 1. The minimum atomic E-state index is -0.112. The highest BCUT2D eigenvalue weighted by atomic mass is 19.1. The zero-order valence-electron chi connectivity index (χ0n) is 25.5. The van der Waals surface area contributed by atoms with Crippen LogP contribution in [-0.4, -0.2) is 17.7 Å². The molecule has 1 aromatic carbocycles. The van der Waals surface area contributed by atoms with Gasteiger partial charge in [-0.1, -0.05) is 48.5 Å². The van der Waals surface area contributed by atoms with Gasteiger partial charge in [0.15, 0.2) is 0 Å². The summed E-state index contributed by atoms with van der Waals surface area (Å²) in [6.07, 6.45) is 12.4. The topological polar surface area (TPSA) is 25.0 Å². The monoisotopic (exact) mass is 531 g/mol. The molecule has 0 amide bonds. The summed E-state index contributed by atoms with van der Waals surface area (Å²) in [6.45, 7) is 19.1. The lowest BCUT2D eigenvalue weighted by atomic mass is 9.31. The van der Waals surface area contributed by atoms with Crippen LogP contribution in [0.3, 0.4) is 0 Å². The molecule has 1 N–H and O–H groups in total. The predicted molar refractivity (Wildman–Crippen MR) is 156 cm³/mol. The van der Waals surface area contributed by atoms with Crippen LogP contribution in [0.2, 0.25) is 0 Å². The van der Waals surface area contributed by atoms with Gasteiger partial charge in [-0.2, -0.15) is 0 Å². The van der Waals surface area contributed by atoms with Crippen molar-refractivity contribution >= 4 is 10.9 Å². The molecule has 1 aromatic heterocycles. The zero-order valence-corrected chi connectivity index (χ0v) is 25.5. The Labute approximate surface area is 235 Å². The Bertz CT molecular complexity index is 1370. The second-order valence-electron chi connectivity index (χ2n) is 17.3. The summed E-state index contributed by atoms with van der Waals surface area (Å²) in [5.74, 6) is 2.78. The zero-order chi connectivity index (χ0) is 27.4. The third-order valence-corrected chi connectivity index (χ3v) is 15.3. The molecule has 2 heterocycles. The smallest absolute Gasteiger partial charge is 0.123 e. The number of fused-ring (bicyclic) bond motifs is 8. The molecule has 212 valence electrons. The number of H-pyrrole nitrogens is 1. The predicted octanol–water partition coefficient (Wildman–Crippen LogP) is 9.21. The highest BCUT2D eigenvalue weighted by molar-refractivity contribution is 5.85. The fourth-order valence-corrected chi connectivity index (χ4v) is 13.3.